The van der Waals surface area contributed by atoms with Gasteiger partial charge in [-0.25, -0.2) is 0 Å². The Morgan fingerprint density at radius 1 is 1.39 bits per heavy atom. The number of likely N-dealkylation sites (tertiary alicyclic amines) is 1. The maximum atomic E-state index is 12.4. The zero-order valence-corrected chi connectivity index (χ0v) is 11.7. The number of amides is 1. The van der Waals surface area contributed by atoms with Crippen LogP contribution < -0.4 is 5.32 Å². The molecule has 18 heavy (non-hydrogen) atoms. The lowest BCUT2D eigenvalue weighted by Crippen LogP contribution is -2.52. The average molecular weight is 254 g/mol. The van der Waals surface area contributed by atoms with Crippen LogP contribution in [0.3, 0.4) is 0 Å². The Kier molecular flexibility index (Phi) is 5.01. The number of hydrogen-bond donors (Lipinski definition) is 1. The first kappa shape index (κ1) is 13.8. The van der Waals surface area contributed by atoms with Crippen LogP contribution in [0.1, 0.15) is 33.1 Å². The molecule has 0 saturated carbocycles. The Bertz CT molecular complexity index is 277. The Balaban J connectivity index is 1.90. The van der Waals surface area contributed by atoms with Gasteiger partial charge in [-0.2, -0.15) is 0 Å². The largest absolute Gasteiger partial charge is 0.381 e. The fourth-order valence-electron chi connectivity index (χ4n) is 3.16. The van der Waals surface area contributed by atoms with E-state index in [1.807, 2.05) is 0 Å². The van der Waals surface area contributed by atoms with Gasteiger partial charge in [0, 0.05) is 25.7 Å². The van der Waals surface area contributed by atoms with Gasteiger partial charge in [0.15, 0.2) is 0 Å². The van der Waals surface area contributed by atoms with Crippen molar-refractivity contribution in [3.8, 4) is 0 Å². The molecule has 1 N–H and O–H groups in total. The van der Waals surface area contributed by atoms with E-state index in [1.54, 1.807) is 0 Å². The molecule has 0 aromatic rings. The summed E-state index contributed by atoms with van der Waals surface area (Å²) >= 11 is 0. The number of hydrogen-bond acceptors (Lipinski definition) is 3. The molecule has 0 aromatic carbocycles. The Morgan fingerprint density at radius 2 is 2.22 bits per heavy atom. The van der Waals surface area contributed by atoms with Gasteiger partial charge in [0.1, 0.15) is 0 Å². The van der Waals surface area contributed by atoms with E-state index in [1.165, 1.54) is 0 Å². The first-order chi connectivity index (χ1) is 8.76. The molecule has 2 fully saturated rings. The Labute approximate surface area is 110 Å². The zero-order chi connectivity index (χ0) is 13.0. The van der Waals surface area contributed by atoms with E-state index in [2.05, 4.69) is 24.1 Å². The summed E-state index contributed by atoms with van der Waals surface area (Å²) in [6.07, 6.45) is 3.14. The molecular weight excluding hydrogens is 228 g/mol. The minimum absolute atomic E-state index is 0.123. The van der Waals surface area contributed by atoms with Crippen LogP contribution in [0.2, 0.25) is 0 Å². The molecular formula is C14H26N2O2. The first-order valence-corrected chi connectivity index (χ1v) is 7.36. The maximum Gasteiger partial charge on any atom is 0.228 e. The number of piperidine rings is 1. The number of rotatable bonds is 4. The van der Waals surface area contributed by atoms with Crippen LogP contribution in [0.4, 0.5) is 0 Å². The van der Waals surface area contributed by atoms with Gasteiger partial charge in [0.25, 0.3) is 0 Å². The van der Waals surface area contributed by atoms with E-state index < -0.39 is 0 Å². The third kappa shape index (κ3) is 3.04. The summed E-state index contributed by atoms with van der Waals surface area (Å²) in [5.74, 6) is 1.05. The number of carbonyl (C=O) groups is 1. The second kappa shape index (κ2) is 6.53. The Hall–Kier alpha value is -0.610. The van der Waals surface area contributed by atoms with Gasteiger partial charge in [-0.15, -0.1) is 0 Å². The second-order valence-electron chi connectivity index (χ2n) is 5.47. The van der Waals surface area contributed by atoms with Crippen LogP contribution in [-0.4, -0.2) is 49.7 Å². The van der Waals surface area contributed by atoms with Gasteiger partial charge in [-0.3, -0.25) is 4.79 Å². The van der Waals surface area contributed by atoms with Crippen LogP contribution in [0.5, 0.6) is 0 Å². The van der Waals surface area contributed by atoms with Crippen molar-refractivity contribution in [2.75, 3.05) is 32.8 Å². The summed E-state index contributed by atoms with van der Waals surface area (Å²) in [6.45, 7) is 8.60. The molecule has 2 aliphatic heterocycles. The van der Waals surface area contributed by atoms with Crippen molar-refractivity contribution in [2.24, 2.45) is 11.8 Å². The monoisotopic (exact) mass is 254 g/mol. The van der Waals surface area contributed by atoms with Crippen molar-refractivity contribution < 1.29 is 9.53 Å². The fourth-order valence-corrected chi connectivity index (χ4v) is 3.16. The van der Waals surface area contributed by atoms with Crippen molar-refractivity contribution in [1.29, 1.82) is 0 Å². The number of ether oxygens (including phenoxy) is 1. The molecule has 2 heterocycles. The van der Waals surface area contributed by atoms with Crippen molar-refractivity contribution in [3.05, 3.63) is 0 Å². The molecule has 4 nitrogen and oxygen atoms in total. The molecule has 0 spiro atoms. The van der Waals surface area contributed by atoms with Crippen molar-refractivity contribution in [2.45, 2.75) is 39.2 Å². The third-order valence-electron chi connectivity index (χ3n) is 4.32. The molecule has 2 aliphatic rings. The lowest BCUT2D eigenvalue weighted by Gasteiger charge is -2.39. The molecule has 0 bridgehead atoms. The van der Waals surface area contributed by atoms with Crippen LogP contribution in [-0.2, 0) is 9.53 Å². The van der Waals surface area contributed by atoms with Gasteiger partial charge in [0.2, 0.25) is 5.91 Å². The third-order valence-corrected chi connectivity index (χ3v) is 4.32. The Morgan fingerprint density at radius 3 is 2.83 bits per heavy atom. The summed E-state index contributed by atoms with van der Waals surface area (Å²) < 4.78 is 5.32. The zero-order valence-electron chi connectivity index (χ0n) is 11.7. The predicted octanol–water partition coefficient (Wildman–Crippen LogP) is 1.26. The smallest absolute Gasteiger partial charge is 0.228 e. The molecule has 2 saturated heterocycles. The summed E-state index contributed by atoms with van der Waals surface area (Å²) in [5.41, 5.74) is 0. The molecule has 2 rings (SSSR count). The molecule has 4 heteroatoms. The number of nitrogens with zero attached hydrogens (tertiary/aromatic N) is 1. The van der Waals surface area contributed by atoms with E-state index in [-0.39, 0.29) is 5.92 Å². The summed E-state index contributed by atoms with van der Waals surface area (Å²) in [4.78, 5) is 14.4. The van der Waals surface area contributed by atoms with E-state index in [0.717, 1.165) is 45.5 Å². The van der Waals surface area contributed by atoms with E-state index in [4.69, 9.17) is 4.74 Å². The summed E-state index contributed by atoms with van der Waals surface area (Å²) in [6, 6.07) is 0.587. The van der Waals surface area contributed by atoms with E-state index in [0.29, 0.717) is 24.5 Å². The summed E-state index contributed by atoms with van der Waals surface area (Å²) in [7, 11) is 0. The van der Waals surface area contributed by atoms with Crippen LogP contribution in [0, 0.1) is 11.8 Å². The van der Waals surface area contributed by atoms with Gasteiger partial charge >= 0.3 is 0 Å². The van der Waals surface area contributed by atoms with Gasteiger partial charge in [-0.1, -0.05) is 20.3 Å². The molecule has 1 amide bonds. The minimum atomic E-state index is 0.123. The molecule has 3 unspecified atom stereocenters. The van der Waals surface area contributed by atoms with Gasteiger partial charge in [0.05, 0.1) is 12.5 Å². The first-order valence-electron chi connectivity index (χ1n) is 7.36. The molecule has 104 valence electrons. The molecule has 0 aromatic heterocycles. The highest BCUT2D eigenvalue weighted by Crippen LogP contribution is 2.23. The number of carbonyl (C=O) groups excluding carboxylic acids is 1. The van der Waals surface area contributed by atoms with Crippen molar-refractivity contribution in [3.63, 3.8) is 0 Å². The molecule has 0 aliphatic carbocycles. The highest BCUT2D eigenvalue weighted by molar-refractivity contribution is 5.79. The quantitative estimate of drug-likeness (QED) is 0.821. The highest BCUT2D eigenvalue weighted by atomic mass is 16.5. The highest BCUT2D eigenvalue weighted by Gasteiger charge is 2.34. The SMILES string of the molecule is CCNC1CCN(C(=O)C2CCOC2)CC1CC. The van der Waals surface area contributed by atoms with Gasteiger partial charge in [-0.05, 0) is 25.3 Å². The van der Waals surface area contributed by atoms with Crippen LogP contribution in [0.25, 0.3) is 0 Å². The van der Waals surface area contributed by atoms with E-state index >= 15 is 0 Å². The average Bonchev–Trinajstić information content (AvgIpc) is 2.92. The fraction of sp³-hybridized carbons (Fsp3) is 0.929. The molecule has 0 radical (unpaired) electrons. The molecule has 3 atom stereocenters. The van der Waals surface area contributed by atoms with Crippen LogP contribution >= 0.6 is 0 Å². The van der Waals surface area contributed by atoms with Crippen molar-refractivity contribution in [1.82, 2.24) is 10.2 Å². The lowest BCUT2D eigenvalue weighted by molar-refractivity contribution is -0.137. The second-order valence-corrected chi connectivity index (χ2v) is 5.47. The van der Waals surface area contributed by atoms with Crippen molar-refractivity contribution >= 4 is 5.91 Å². The minimum Gasteiger partial charge on any atom is -0.381 e. The van der Waals surface area contributed by atoms with Gasteiger partial charge < -0.3 is 15.0 Å². The number of nitrogens with one attached hydrogen (secondary N) is 1. The lowest BCUT2D eigenvalue weighted by atomic mass is 9.89. The normalized spacial score (nSPS) is 32.8. The van der Waals surface area contributed by atoms with E-state index in [9.17, 15) is 4.79 Å². The summed E-state index contributed by atoms with van der Waals surface area (Å²) in [5, 5.41) is 3.55. The standard InChI is InChI=1S/C14H26N2O2/c1-3-11-9-16(7-5-13(11)15-4-2)14(17)12-6-8-18-10-12/h11-13,15H,3-10H2,1-2H3. The predicted molar refractivity (Wildman–Crippen MR) is 71.4 cm³/mol. The van der Waals surface area contributed by atoms with Crippen LogP contribution in [0.15, 0.2) is 0 Å². The maximum absolute atomic E-state index is 12.4. The topological polar surface area (TPSA) is 41.6 Å².